The van der Waals surface area contributed by atoms with Crippen molar-refractivity contribution >= 4 is 40.0 Å². The van der Waals surface area contributed by atoms with Crippen LogP contribution in [0.5, 0.6) is 0 Å². The van der Waals surface area contributed by atoms with Crippen molar-refractivity contribution in [3.8, 4) is 0 Å². The summed E-state index contributed by atoms with van der Waals surface area (Å²) >= 11 is 6.63. The molecule has 1 aliphatic heterocycles. The Bertz CT molecular complexity index is 564. The van der Waals surface area contributed by atoms with Crippen LogP contribution in [-0.2, 0) is 9.53 Å². The number of carbonyl (C=O) groups is 1. The van der Waals surface area contributed by atoms with Gasteiger partial charge in [0.25, 0.3) is 0 Å². The van der Waals surface area contributed by atoms with Gasteiger partial charge >= 0.3 is 0 Å². The molecule has 1 saturated heterocycles. The van der Waals surface area contributed by atoms with Crippen LogP contribution >= 0.6 is 24.0 Å². The molecule has 0 radical (unpaired) electrons. The van der Waals surface area contributed by atoms with E-state index in [1.807, 2.05) is 11.8 Å². The van der Waals surface area contributed by atoms with Crippen LogP contribution in [-0.4, -0.2) is 48.0 Å². The summed E-state index contributed by atoms with van der Waals surface area (Å²) in [6, 6.07) is 8.39. The Balaban J connectivity index is 1.52. The largest absolute Gasteiger partial charge is 0.479 e. The van der Waals surface area contributed by atoms with E-state index in [1.165, 1.54) is 17.4 Å². The summed E-state index contributed by atoms with van der Waals surface area (Å²) in [6.07, 6.45) is 2.17. The van der Waals surface area contributed by atoms with E-state index in [0.29, 0.717) is 22.8 Å². The third kappa shape index (κ3) is 4.38. The summed E-state index contributed by atoms with van der Waals surface area (Å²) in [5, 5.41) is 0. The molecule has 0 atom stereocenters. The Morgan fingerprint density at radius 2 is 1.87 bits per heavy atom. The van der Waals surface area contributed by atoms with Crippen LogP contribution in [0.4, 0.5) is 5.69 Å². The minimum absolute atomic E-state index is 0.326. The summed E-state index contributed by atoms with van der Waals surface area (Å²) < 4.78 is 5.86. The van der Waals surface area contributed by atoms with Crippen LogP contribution < -0.4 is 4.90 Å². The van der Waals surface area contributed by atoms with Gasteiger partial charge in [0.2, 0.25) is 10.3 Å². The maximum Gasteiger partial charge on any atom is 0.225 e. The number of thioether (sulfide) groups is 1. The molecule has 6 heteroatoms. The maximum atomic E-state index is 12.1. The van der Waals surface area contributed by atoms with Crippen molar-refractivity contribution in [1.29, 1.82) is 0 Å². The lowest BCUT2D eigenvalue weighted by molar-refractivity contribution is -0.132. The number of nitrogens with zero attached hydrogens (tertiary/aromatic N) is 2. The third-order valence-corrected chi connectivity index (χ3v) is 5.34. The molecule has 1 aromatic rings. The normalized spacial score (nSPS) is 18.0. The smallest absolute Gasteiger partial charge is 0.225 e. The minimum Gasteiger partial charge on any atom is -0.479 e. The first-order valence-corrected chi connectivity index (χ1v) is 9.38. The summed E-state index contributed by atoms with van der Waals surface area (Å²) in [6.45, 7) is 6.02. The first kappa shape index (κ1) is 16.6. The SMILES string of the molecule is CCOC(=S)Sc1ccc(N2CCN(C(=O)C3CC3)CC2)cc1. The van der Waals surface area contributed by atoms with Crippen LogP contribution in [0.25, 0.3) is 0 Å². The van der Waals surface area contributed by atoms with Gasteiger partial charge in [0.15, 0.2) is 0 Å². The molecule has 0 aromatic heterocycles. The van der Waals surface area contributed by atoms with Crippen LogP contribution in [0.15, 0.2) is 29.2 Å². The molecular formula is C17H22N2O2S2. The second-order valence-corrected chi connectivity index (χ2v) is 7.54. The summed E-state index contributed by atoms with van der Waals surface area (Å²) in [5.74, 6) is 0.688. The van der Waals surface area contributed by atoms with Crippen LogP contribution in [0.2, 0.25) is 0 Å². The van der Waals surface area contributed by atoms with E-state index in [1.54, 1.807) is 0 Å². The highest BCUT2D eigenvalue weighted by Crippen LogP contribution is 2.31. The fourth-order valence-corrected chi connectivity index (χ4v) is 3.79. The number of benzene rings is 1. The maximum absolute atomic E-state index is 12.1. The number of hydrogen-bond acceptors (Lipinski definition) is 5. The first-order chi connectivity index (χ1) is 11.2. The molecule has 0 bridgehead atoms. The lowest BCUT2D eigenvalue weighted by Gasteiger charge is -2.36. The zero-order valence-electron chi connectivity index (χ0n) is 13.4. The summed E-state index contributed by atoms with van der Waals surface area (Å²) in [4.78, 5) is 17.5. The standard InChI is InChI=1S/C17H22N2O2S2/c1-2-21-17(22)23-15-7-5-14(6-8-15)18-9-11-19(12-10-18)16(20)13-3-4-13/h5-8,13H,2-4,9-12H2,1H3. The third-order valence-electron chi connectivity index (χ3n) is 4.18. The van der Waals surface area contributed by atoms with E-state index in [0.717, 1.165) is 43.9 Å². The van der Waals surface area contributed by atoms with Gasteiger partial charge in [0.1, 0.15) is 0 Å². The highest BCUT2D eigenvalue weighted by atomic mass is 32.2. The Morgan fingerprint density at radius 1 is 1.22 bits per heavy atom. The molecule has 0 unspecified atom stereocenters. The molecule has 2 fully saturated rings. The molecule has 0 N–H and O–H groups in total. The molecule has 1 amide bonds. The number of hydrogen-bond donors (Lipinski definition) is 0. The van der Waals surface area contributed by atoms with E-state index < -0.39 is 0 Å². The number of piperazine rings is 1. The summed E-state index contributed by atoms with van der Waals surface area (Å²) in [5.41, 5.74) is 1.20. The number of carbonyl (C=O) groups excluding carboxylic acids is 1. The highest BCUT2D eigenvalue weighted by Gasteiger charge is 2.34. The Kier molecular flexibility index (Phi) is 5.43. The van der Waals surface area contributed by atoms with Gasteiger partial charge in [0, 0.05) is 42.7 Å². The van der Waals surface area contributed by atoms with Gasteiger partial charge in [0.05, 0.1) is 6.61 Å². The van der Waals surface area contributed by atoms with Crippen molar-refractivity contribution in [2.45, 2.75) is 24.7 Å². The minimum atomic E-state index is 0.326. The van der Waals surface area contributed by atoms with Gasteiger partial charge in [-0.05, 0) is 68.0 Å². The van der Waals surface area contributed by atoms with E-state index in [2.05, 4.69) is 29.2 Å². The van der Waals surface area contributed by atoms with Crippen molar-refractivity contribution < 1.29 is 9.53 Å². The first-order valence-electron chi connectivity index (χ1n) is 8.16. The fraction of sp³-hybridized carbons (Fsp3) is 0.529. The fourth-order valence-electron chi connectivity index (χ4n) is 2.74. The monoisotopic (exact) mass is 350 g/mol. The molecule has 2 aliphatic rings. The molecule has 1 aromatic carbocycles. The molecule has 1 saturated carbocycles. The Hall–Kier alpha value is -1.27. The van der Waals surface area contributed by atoms with E-state index >= 15 is 0 Å². The van der Waals surface area contributed by atoms with Crippen molar-refractivity contribution in [1.82, 2.24) is 4.90 Å². The Labute approximate surface area is 147 Å². The molecular weight excluding hydrogens is 328 g/mol. The van der Waals surface area contributed by atoms with E-state index in [9.17, 15) is 4.79 Å². The van der Waals surface area contributed by atoms with Crippen LogP contribution in [0, 0.1) is 5.92 Å². The summed E-state index contributed by atoms with van der Waals surface area (Å²) in [7, 11) is 0. The van der Waals surface area contributed by atoms with E-state index in [-0.39, 0.29) is 0 Å². The second-order valence-electron chi connectivity index (χ2n) is 5.87. The number of rotatable bonds is 4. The van der Waals surface area contributed by atoms with Gasteiger partial charge in [-0.15, -0.1) is 0 Å². The Morgan fingerprint density at radius 3 is 2.43 bits per heavy atom. The second kappa shape index (κ2) is 7.53. The van der Waals surface area contributed by atoms with Gasteiger partial charge in [-0.3, -0.25) is 4.79 Å². The molecule has 1 heterocycles. The quantitative estimate of drug-likeness (QED) is 0.615. The average molecular weight is 351 g/mol. The lowest BCUT2D eigenvalue weighted by atomic mass is 10.2. The van der Waals surface area contributed by atoms with Crippen molar-refractivity contribution in [2.75, 3.05) is 37.7 Å². The molecule has 23 heavy (non-hydrogen) atoms. The van der Waals surface area contributed by atoms with Crippen molar-refractivity contribution in [2.24, 2.45) is 5.92 Å². The predicted octanol–water partition coefficient (Wildman–Crippen LogP) is 3.16. The van der Waals surface area contributed by atoms with Crippen LogP contribution in [0.1, 0.15) is 19.8 Å². The van der Waals surface area contributed by atoms with Gasteiger partial charge in [-0.1, -0.05) is 0 Å². The molecule has 124 valence electrons. The van der Waals surface area contributed by atoms with Gasteiger partial charge in [-0.25, -0.2) is 0 Å². The predicted molar refractivity (Wildman–Crippen MR) is 98.0 cm³/mol. The molecule has 1 aliphatic carbocycles. The van der Waals surface area contributed by atoms with Crippen LogP contribution in [0.3, 0.4) is 0 Å². The number of amides is 1. The van der Waals surface area contributed by atoms with Crippen molar-refractivity contribution in [3.05, 3.63) is 24.3 Å². The zero-order chi connectivity index (χ0) is 16.2. The number of ether oxygens (including phenoxy) is 1. The molecule has 0 spiro atoms. The van der Waals surface area contributed by atoms with Crippen molar-refractivity contribution in [3.63, 3.8) is 0 Å². The molecule has 4 nitrogen and oxygen atoms in total. The van der Waals surface area contributed by atoms with E-state index in [4.69, 9.17) is 17.0 Å². The van der Waals surface area contributed by atoms with Gasteiger partial charge < -0.3 is 14.5 Å². The van der Waals surface area contributed by atoms with Gasteiger partial charge in [-0.2, -0.15) is 0 Å². The molecule has 3 rings (SSSR count). The average Bonchev–Trinajstić information content (AvgIpc) is 3.40. The topological polar surface area (TPSA) is 32.8 Å². The number of thiocarbonyl (C=S) groups is 1. The highest BCUT2D eigenvalue weighted by molar-refractivity contribution is 8.22. The number of anilines is 1. The zero-order valence-corrected chi connectivity index (χ0v) is 15.0. The lowest BCUT2D eigenvalue weighted by Crippen LogP contribution is -2.49.